The van der Waals surface area contributed by atoms with Crippen LogP contribution in [0.15, 0.2) is 29.3 Å². The number of rotatable bonds is 4. The van der Waals surface area contributed by atoms with Crippen LogP contribution in [-0.2, 0) is 17.1 Å². The van der Waals surface area contributed by atoms with Crippen LogP contribution in [0.1, 0.15) is 6.42 Å². The average Bonchev–Trinajstić information content (AvgIpc) is 3.01. The highest BCUT2D eigenvalue weighted by atomic mass is 32.2. The van der Waals surface area contributed by atoms with Gasteiger partial charge in [0.05, 0.1) is 23.0 Å². The molecule has 2 aliphatic heterocycles. The van der Waals surface area contributed by atoms with Crippen molar-refractivity contribution >= 4 is 26.6 Å². The molecule has 146 valence electrons. The van der Waals surface area contributed by atoms with Gasteiger partial charge in [-0.1, -0.05) is 0 Å². The summed E-state index contributed by atoms with van der Waals surface area (Å²) < 4.78 is 26.9. The fraction of sp³-hybridized carbons (Fsp3) is 0.556. The lowest BCUT2D eigenvalue weighted by molar-refractivity contribution is 0.240. The Kier molecular flexibility index (Phi) is 4.92. The Labute approximate surface area is 159 Å². The third kappa shape index (κ3) is 3.71. The smallest absolute Gasteiger partial charge is 0.260 e. The molecule has 2 fully saturated rings. The molecule has 0 amide bonds. The fourth-order valence-corrected chi connectivity index (χ4v) is 5.34. The fourth-order valence-electron chi connectivity index (χ4n) is 3.82. The van der Waals surface area contributed by atoms with Gasteiger partial charge in [-0.3, -0.25) is 9.69 Å². The number of anilines is 1. The first-order chi connectivity index (χ1) is 12.9. The molecule has 27 heavy (non-hydrogen) atoms. The predicted octanol–water partition coefficient (Wildman–Crippen LogP) is 0.0910. The minimum atomic E-state index is -3.01. The minimum Gasteiger partial charge on any atom is -0.369 e. The maximum atomic E-state index is 12.1. The van der Waals surface area contributed by atoms with Gasteiger partial charge in [-0.25, -0.2) is 17.7 Å². The van der Waals surface area contributed by atoms with Gasteiger partial charge >= 0.3 is 0 Å². The van der Waals surface area contributed by atoms with Crippen LogP contribution in [0.25, 0.3) is 10.9 Å². The Hall–Kier alpha value is -1.97. The zero-order valence-corrected chi connectivity index (χ0v) is 16.4. The molecule has 0 spiro atoms. The van der Waals surface area contributed by atoms with Crippen LogP contribution in [-0.4, -0.2) is 78.7 Å². The topological polar surface area (TPSA) is 78.8 Å². The Balaban J connectivity index is 1.37. The van der Waals surface area contributed by atoms with Crippen molar-refractivity contribution in [3.63, 3.8) is 0 Å². The highest BCUT2D eigenvalue weighted by molar-refractivity contribution is 7.89. The first kappa shape index (κ1) is 18.4. The molecule has 2 aromatic rings. The summed E-state index contributed by atoms with van der Waals surface area (Å²) in [7, 11) is -1.30. The molecule has 0 radical (unpaired) electrons. The van der Waals surface area contributed by atoms with Gasteiger partial charge in [-0.05, 0) is 24.6 Å². The maximum absolute atomic E-state index is 12.1. The second-order valence-corrected chi connectivity index (χ2v) is 9.35. The van der Waals surface area contributed by atoms with Crippen molar-refractivity contribution in [1.29, 1.82) is 0 Å². The van der Waals surface area contributed by atoms with E-state index in [1.165, 1.54) is 4.57 Å². The van der Waals surface area contributed by atoms with E-state index in [9.17, 15) is 13.2 Å². The number of fused-ring (bicyclic) bond motifs is 1. The maximum Gasteiger partial charge on any atom is 0.260 e. The van der Waals surface area contributed by atoms with Gasteiger partial charge in [0.15, 0.2) is 0 Å². The molecule has 8 nitrogen and oxygen atoms in total. The molecule has 3 heterocycles. The van der Waals surface area contributed by atoms with E-state index in [4.69, 9.17) is 0 Å². The monoisotopic (exact) mass is 391 g/mol. The highest BCUT2D eigenvalue weighted by Gasteiger charge is 2.28. The molecule has 2 saturated heterocycles. The number of sulfonamides is 1. The van der Waals surface area contributed by atoms with Gasteiger partial charge in [-0.2, -0.15) is 0 Å². The molecule has 0 atom stereocenters. The van der Waals surface area contributed by atoms with Crippen molar-refractivity contribution in [2.45, 2.75) is 6.42 Å². The number of hydrogen-bond acceptors (Lipinski definition) is 6. The lowest BCUT2D eigenvalue weighted by Crippen LogP contribution is -2.48. The predicted molar refractivity (Wildman–Crippen MR) is 106 cm³/mol. The van der Waals surface area contributed by atoms with Crippen LogP contribution in [0.4, 0.5) is 5.69 Å². The SMILES string of the molecule is Cn1cnc2cc(N3CCN(CCN4CCCS4(=O)=O)CC3)ccc2c1=O. The molecule has 0 bridgehead atoms. The summed E-state index contributed by atoms with van der Waals surface area (Å²) in [4.78, 5) is 21.1. The van der Waals surface area contributed by atoms with Crippen LogP contribution in [0, 0.1) is 0 Å². The van der Waals surface area contributed by atoms with E-state index in [0.29, 0.717) is 24.2 Å². The largest absolute Gasteiger partial charge is 0.369 e. The summed E-state index contributed by atoms with van der Waals surface area (Å²) in [6.45, 7) is 5.58. The van der Waals surface area contributed by atoms with E-state index >= 15 is 0 Å². The number of benzene rings is 1. The molecular weight excluding hydrogens is 366 g/mol. The van der Waals surface area contributed by atoms with Crippen molar-refractivity contribution in [2.24, 2.45) is 7.05 Å². The van der Waals surface area contributed by atoms with E-state index < -0.39 is 10.0 Å². The van der Waals surface area contributed by atoms with E-state index in [2.05, 4.69) is 14.8 Å². The molecule has 1 aromatic heterocycles. The van der Waals surface area contributed by atoms with Gasteiger partial charge in [0, 0.05) is 58.5 Å². The number of hydrogen-bond donors (Lipinski definition) is 0. The third-order valence-electron chi connectivity index (χ3n) is 5.51. The molecule has 9 heteroatoms. The van der Waals surface area contributed by atoms with Gasteiger partial charge in [-0.15, -0.1) is 0 Å². The number of piperazine rings is 1. The zero-order valence-electron chi connectivity index (χ0n) is 15.5. The summed E-state index contributed by atoms with van der Waals surface area (Å²) in [5.74, 6) is 0.292. The average molecular weight is 391 g/mol. The van der Waals surface area contributed by atoms with Crippen LogP contribution >= 0.6 is 0 Å². The molecule has 1 aromatic carbocycles. The summed E-state index contributed by atoms with van der Waals surface area (Å²) in [6, 6.07) is 5.81. The summed E-state index contributed by atoms with van der Waals surface area (Å²) in [5, 5.41) is 0.634. The Morgan fingerprint density at radius 1 is 1.07 bits per heavy atom. The molecule has 0 unspecified atom stereocenters. The summed E-state index contributed by atoms with van der Waals surface area (Å²) >= 11 is 0. The van der Waals surface area contributed by atoms with Gasteiger partial charge < -0.3 is 9.47 Å². The van der Waals surface area contributed by atoms with Crippen LogP contribution in [0.5, 0.6) is 0 Å². The number of aromatic nitrogens is 2. The van der Waals surface area contributed by atoms with Gasteiger partial charge in [0.1, 0.15) is 0 Å². The van der Waals surface area contributed by atoms with Crippen molar-refractivity contribution in [2.75, 3.05) is 56.5 Å². The molecule has 0 saturated carbocycles. The van der Waals surface area contributed by atoms with E-state index in [-0.39, 0.29) is 5.56 Å². The Bertz CT molecular complexity index is 996. The first-order valence-corrected chi connectivity index (χ1v) is 11.0. The molecule has 2 aliphatic rings. The normalized spacial score (nSPS) is 21.1. The molecule has 0 aliphatic carbocycles. The second kappa shape index (κ2) is 7.21. The van der Waals surface area contributed by atoms with Crippen molar-refractivity contribution < 1.29 is 8.42 Å². The lowest BCUT2D eigenvalue weighted by atomic mass is 10.2. The standard InChI is InChI=1S/C18H25N5O3S/c1-20-14-19-17-13-15(3-4-16(17)18(20)24)22-9-6-21(7-10-22)8-11-23-5-2-12-27(23,25)26/h3-4,13-14H,2,5-12H2,1H3. The lowest BCUT2D eigenvalue weighted by Gasteiger charge is -2.36. The summed E-state index contributed by atoms with van der Waals surface area (Å²) in [5.41, 5.74) is 1.76. The van der Waals surface area contributed by atoms with Crippen LogP contribution < -0.4 is 10.5 Å². The van der Waals surface area contributed by atoms with Crippen molar-refractivity contribution in [1.82, 2.24) is 18.8 Å². The Morgan fingerprint density at radius 3 is 2.56 bits per heavy atom. The van der Waals surface area contributed by atoms with Crippen LogP contribution in [0.3, 0.4) is 0 Å². The summed E-state index contributed by atoms with van der Waals surface area (Å²) in [6.07, 6.45) is 2.30. The minimum absolute atomic E-state index is 0.0340. The third-order valence-corrected chi connectivity index (χ3v) is 7.46. The first-order valence-electron chi connectivity index (χ1n) is 9.34. The van der Waals surface area contributed by atoms with E-state index in [0.717, 1.165) is 50.3 Å². The zero-order chi connectivity index (χ0) is 19.0. The second-order valence-electron chi connectivity index (χ2n) is 7.26. The van der Waals surface area contributed by atoms with Gasteiger partial charge in [0.25, 0.3) is 5.56 Å². The molecule has 0 N–H and O–H groups in total. The van der Waals surface area contributed by atoms with Gasteiger partial charge in [0.2, 0.25) is 10.0 Å². The van der Waals surface area contributed by atoms with Crippen molar-refractivity contribution in [3.8, 4) is 0 Å². The van der Waals surface area contributed by atoms with Crippen molar-refractivity contribution in [3.05, 3.63) is 34.9 Å². The van der Waals surface area contributed by atoms with Crippen LogP contribution in [0.2, 0.25) is 0 Å². The quantitative estimate of drug-likeness (QED) is 0.735. The Morgan fingerprint density at radius 2 is 1.85 bits per heavy atom. The molecule has 4 rings (SSSR count). The van der Waals surface area contributed by atoms with E-state index in [1.54, 1.807) is 17.7 Å². The van der Waals surface area contributed by atoms with E-state index in [1.807, 2.05) is 18.2 Å². The highest BCUT2D eigenvalue weighted by Crippen LogP contribution is 2.20. The molecular formula is C18H25N5O3S. The number of nitrogens with zero attached hydrogens (tertiary/aromatic N) is 5. The number of aryl methyl sites for hydroxylation is 1.